The summed E-state index contributed by atoms with van der Waals surface area (Å²) >= 11 is 4.74. The second kappa shape index (κ2) is 11.6. The molecule has 3 aromatic carbocycles. The number of nitrogens with zero attached hydrogens (tertiary/aromatic N) is 2. The van der Waals surface area contributed by atoms with E-state index in [4.69, 9.17) is 14.6 Å². The number of ether oxygens (including phenoxy) is 2. The molecule has 0 unspecified atom stereocenters. The summed E-state index contributed by atoms with van der Waals surface area (Å²) in [5, 5.41) is 9.53. The van der Waals surface area contributed by atoms with E-state index in [1.807, 2.05) is 13.0 Å². The first-order valence-electron chi connectivity index (χ1n) is 11.2. The van der Waals surface area contributed by atoms with E-state index in [2.05, 4.69) is 20.9 Å². The number of carbonyl (C=O) groups is 2. The van der Waals surface area contributed by atoms with Crippen LogP contribution in [0.3, 0.4) is 0 Å². The number of aliphatic imine (C=N–C) groups is 1. The number of aromatic carboxylic acids is 1. The van der Waals surface area contributed by atoms with E-state index in [-0.39, 0.29) is 23.9 Å². The topological polar surface area (TPSA) is 88.4 Å². The number of amidine groups is 1. The second-order valence-electron chi connectivity index (χ2n) is 7.90. The third kappa shape index (κ3) is 6.39. The smallest absolute Gasteiger partial charge is 0.335 e. The average Bonchev–Trinajstić information content (AvgIpc) is 3.11. The maximum atomic E-state index is 13.5. The van der Waals surface area contributed by atoms with Crippen LogP contribution >= 0.6 is 27.7 Å². The number of benzene rings is 3. The fourth-order valence-corrected chi connectivity index (χ4v) is 5.01. The van der Waals surface area contributed by atoms with Crippen molar-refractivity contribution in [3.05, 3.63) is 92.5 Å². The Labute approximate surface area is 225 Å². The van der Waals surface area contributed by atoms with Gasteiger partial charge in [0, 0.05) is 7.05 Å². The number of hydrogen-bond donors (Lipinski definition) is 1. The normalized spacial score (nSPS) is 15.5. The molecule has 10 heteroatoms. The number of carbonyl (C=O) groups excluding carboxylic acids is 1. The van der Waals surface area contributed by atoms with Gasteiger partial charge in [0.05, 0.1) is 27.2 Å². The molecule has 7 nitrogen and oxygen atoms in total. The number of hydrogen-bond acceptors (Lipinski definition) is 6. The predicted molar refractivity (Wildman–Crippen MR) is 145 cm³/mol. The van der Waals surface area contributed by atoms with Crippen LogP contribution < -0.4 is 9.47 Å². The lowest BCUT2D eigenvalue weighted by Gasteiger charge is -2.15. The molecule has 0 aliphatic carbocycles. The molecular formula is C27H22BrFN2O5S. The number of likely N-dealkylation sites (N-methyl/N-ethyl adjacent to an activating group) is 1. The third-order valence-electron chi connectivity index (χ3n) is 5.24. The first-order valence-corrected chi connectivity index (χ1v) is 12.8. The van der Waals surface area contributed by atoms with Gasteiger partial charge in [0.1, 0.15) is 12.4 Å². The molecule has 0 radical (unpaired) electrons. The van der Waals surface area contributed by atoms with Crippen molar-refractivity contribution >= 4 is 56.5 Å². The van der Waals surface area contributed by atoms with E-state index >= 15 is 0 Å². The fourth-order valence-electron chi connectivity index (χ4n) is 3.45. The number of carboxylic acid groups (broad SMARTS) is 1. The lowest BCUT2D eigenvalue weighted by Crippen LogP contribution is -2.23. The minimum atomic E-state index is -1.02. The Hall–Kier alpha value is -3.63. The van der Waals surface area contributed by atoms with E-state index in [1.165, 1.54) is 40.9 Å². The maximum Gasteiger partial charge on any atom is 0.335 e. The molecule has 190 valence electrons. The monoisotopic (exact) mass is 584 g/mol. The number of carboxylic acids is 1. The Kier molecular flexibility index (Phi) is 8.30. The van der Waals surface area contributed by atoms with Crippen molar-refractivity contribution in [1.82, 2.24) is 4.90 Å². The Morgan fingerprint density at radius 3 is 2.59 bits per heavy atom. The second-order valence-corrected chi connectivity index (χ2v) is 9.77. The molecular weight excluding hydrogens is 563 g/mol. The molecule has 4 rings (SSSR count). The minimum absolute atomic E-state index is 0.156. The molecule has 3 aromatic rings. The SMILES string of the molecule is CCOc1cc(/C=C2\SC(=Nc3ccc(C(=O)O)cc3)N(C)C2=O)cc(Br)c1OCc1cccc(F)c1. The quantitative estimate of drug-likeness (QED) is 0.304. The molecule has 0 saturated carbocycles. The summed E-state index contributed by atoms with van der Waals surface area (Å²) in [7, 11) is 1.63. The van der Waals surface area contributed by atoms with Crippen molar-refractivity contribution in [1.29, 1.82) is 0 Å². The van der Waals surface area contributed by atoms with Gasteiger partial charge < -0.3 is 14.6 Å². The summed E-state index contributed by atoms with van der Waals surface area (Å²) in [4.78, 5) is 30.3. The van der Waals surface area contributed by atoms with Crippen molar-refractivity contribution in [2.24, 2.45) is 4.99 Å². The molecule has 1 aliphatic rings. The van der Waals surface area contributed by atoms with E-state index in [0.29, 0.717) is 49.5 Å². The van der Waals surface area contributed by atoms with Crippen molar-refractivity contribution < 1.29 is 28.6 Å². The van der Waals surface area contributed by atoms with Crippen LogP contribution in [0.1, 0.15) is 28.4 Å². The van der Waals surface area contributed by atoms with Gasteiger partial charge in [-0.2, -0.15) is 0 Å². The summed E-state index contributed by atoms with van der Waals surface area (Å²) in [6.07, 6.45) is 1.74. The van der Waals surface area contributed by atoms with E-state index in [1.54, 1.807) is 43.5 Å². The first-order chi connectivity index (χ1) is 17.7. The highest BCUT2D eigenvalue weighted by molar-refractivity contribution is 9.10. The van der Waals surface area contributed by atoms with Crippen LogP contribution in [0.5, 0.6) is 11.5 Å². The summed E-state index contributed by atoms with van der Waals surface area (Å²) in [5.74, 6) is -0.614. The molecule has 1 aliphatic heterocycles. The molecule has 1 fully saturated rings. The minimum Gasteiger partial charge on any atom is -0.490 e. The van der Waals surface area contributed by atoms with Crippen LogP contribution in [0.25, 0.3) is 6.08 Å². The van der Waals surface area contributed by atoms with Crippen molar-refractivity contribution in [2.75, 3.05) is 13.7 Å². The molecule has 0 aromatic heterocycles. The lowest BCUT2D eigenvalue weighted by molar-refractivity contribution is -0.121. The Balaban J connectivity index is 1.57. The molecule has 0 spiro atoms. The number of halogens is 2. The number of thioether (sulfide) groups is 1. The summed E-state index contributed by atoms with van der Waals surface area (Å²) < 4.78 is 25.9. The predicted octanol–water partition coefficient (Wildman–Crippen LogP) is 6.50. The van der Waals surface area contributed by atoms with Crippen LogP contribution in [-0.2, 0) is 11.4 Å². The summed E-state index contributed by atoms with van der Waals surface area (Å²) in [6, 6.07) is 15.9. The molecule has 0 atom stereocenters. The highest BCUT2D eigenvalue weighted by Gasteiger charge is 2.30. The van der Waals surface area contributed by atoms with E-state index < -0.39 is 5.97 Å². The van der Waals surface area contributed by atoms with Gasteiger partial charge in [0.15, 0.2) is 16.7 Å². The average molecular weight is 585 g/mol. The lowest BCUT2D eigenvalue weighted by atomic mass is 10.1. The van der Waals surface area contributed by atoms with E-state index in [9.17, 15) is 14.0 Å². The first kappa shape index (κ1) is 26.4. The molecule has 37 heavy (non-hydrogen) atoms. The van der Waals surface area contributed by atoms with Gasteiger partial charge in [-0.1, -0.05) is 12.1 Å². The molecule has 1 N–H and O–H groups in total. The van der Waals surface area contributed by atoms with Crippen molar-refractivity contribution in [3.8, 4) is 11.5 Å². The van der Waals surface area contributed by atoms with Crippen molar-refractivity contribution in [2.45, 2.75) is 13.5 Å². The van der Waals surface area contributed by atoms with Crippen LogP contribution in [0.2, 0.25) is 0 Å². The Morgan fingerprint density at radius 1 is 1.16 bits per heavy atom. The largest absolute Gasteiger partial charge is 0.490 e. The standard InChI is InChI=1S/C27H22BrFN2O5S/c1-3-35-22-13-17(12-21(28)24(22)36-15-16-5-4-6-19(29)11-16)14-23-25(32)31(2)27(37-23)30-20-9-7-18(8-10-20)26(33)34/h4-14H,3,15H2,1-2H3,(H,33,34)/b23-14-,30-27?. The van der Waals surface area contributed by atoms with Gasteiger partial charge in [-0.05, 0) is 100 Å². The van der Waals surface area contributed by atoms with Gasteiger partial charge in [-0.3, -0.25) is 9.69 Å². The molecule has 0 bridgehead atoms. The van der Waals surface area contributed by atoms with Crippen LogP contribution in [-0.4, -0.2) is 40.7 Å². The van der Waals surface area contributed by atoms with Gasteiger partial charge >= 0.3 is 5.97 Å². The fraction of sp³-hybridized carbons (Fsp3) is 0.148. The van der Waals surface area contributed by atoms with Crippen LogP contribution in [0, 0.1) is 5.82 Å². The molecule has 1 heterocycles. The summed E-state index contributed by atoms with van der Waals surface area (Å²) in [6.45, 7) is 2.41. The zero-order valence-electron chi connectivity index (χ0n) is 19.9. The summed E-state index contributed by atoms with van der Waals surface area (Å²) in [5.41, 5.74) is 2.09. The molecule has 1 amide bonds. The van der Waals surface area contributed by atoms with Gasteiger partial charge in [0.25, 0.3) is 5.91 Å². The van der Waals surface area contributed by atoms with Crippen molar-refractivity contribution in [3.63, 3.8) is 0 Å². The molecule has 1 saturated heterocycles. The highest BCUT2D eigenvalue weighted by Crippen LogP contribution is 2.40. The third-order valence-corrected chi connectivity index (χ3v) is 6.89. The van der Waals surface area contributed by atoms with Gasteiger partial charge in [-0.25, -0.2) is 14.2 Å². The van der Waals surface area contributed by atoms with Gasteiger partial charge in [-0.15, -0.1) is 0 Å². The zero-order chi connectivity index (χ0) is 26.5. The maximum absolute atomic E-state index is 13.5. The van der Waals surface area contributed by atoms with Crippen LogP contribution in [0.4, 0.5) is 10.1 Å². The number of rotatable bonds is 8. The zero-order valence-corrected chi connectivity index (χ0v) is 22.3. The van der Waals surface area contributed by atoms with Gasteiger partial charge in [0.2, 0.25) is 0 Å². The Morgan fingerprint density at radius 2 is 1.92 bits per heavy atom. The Bertz CT molecular complexity index is 1410. The van der Waals surface area contributed by atoms with Crippen LogP contribution in [0.15, 0.2) is 75.0 Å². The van der Waals surface area contributed by atoms with E-state index in [0.717, 1.165) is 0 Å². The highest BCUT2D eigenvalue weighted by atomic mass is 79.9. The number of amides is 1.